The van der Waals surface area contributed by atoms with Crippen LogP contribution in [0.2, 0.25) is 0 Å². The fraction of sp³-hybridized carbons (Fsp3) is 0.667. The van der Waals surface area contributed by atoms with Gasteiger partial charge in [0.2, 0.25) is 5.89 Å². The maximum atomic E-state index is 5.35. The molecule has 0 radical (unpaired) electrons. The minimum absolute atomic E-state index is 0.231. The van der Waals surface area contributed by atoms with Crippen LogP contribution in [0.25, 0.3) is 0 Å². The molecule has 0 amide bonds. The molecule has 0 unspecified atom stereocenters. The van der Waals surface area contributed by atoms with E-state index in [0.29, 0.717) is 5.89 Å². The van der Waals surface area contributed by atoms with Crippen LogP contribution in [-0.4, -0.2) is 26.7 Å². The maximum absolute atomic E-state index is 5.35. The largest absolute Gasteiger partial charge is 0.361 e. The van der Waals surface area contributed by atoms with Gasteiger partial charge in [-0.3, -0.25) is 4.90 Å². The van der Waals surface area contributed by atoms with Gasteiger partial charge in [-0.05, 0) is 33.2 Å². The van der Waals surface area contributed by atoms with E-state index in [9.17, 15) is 0 Å². The van der Waals surface area contributed by atoms with Gasteiger partial charge in [0.1, 0.15) is 5.76 Å². The quantitative estimate of drug-likeness (QED) is 0.861. The zero-order chi connectivity index (χ0) is 15.0. The fourth-order valence-corrected chi connectivity index (χ4v) is 2.86. The van der Waals surface area contributed by atoms with Gasteiger partial charge in [0.15, 0.2) is 5.82 Å². The second kappa shape index (κ2) is 5.60. The molecule has 0 aromatic carbocycles. The average molecular weight is 290 g/mol. The third-order valence-corrected chi connectivity index (χ3v) is 4.16. The van der Waals surface area contributed by atoms with Crippen molar-refractivity contribution in [2.75, 3.05) is 6.54 Å². The van der Waals surface area contributed by atoms with Gasteiger partial charge >= 0.3 is 0 Å². The lowest BCUT2D eigenvalue weighted by molar-refractivity contribution is 0.232. The first-order valence-electron chi connectivity index (χ1n) is 7.55. The molecule has 6 heteroatoms. The SMILES string of the molecule is Cc1noc(C)c1CN1CCC[C@H]1c1noc(C(C)C)n1. The molecule has 1 aliphatic rings. The highest BCUT2D eigenvalue weighted by Crippen LogP contribution is 2.33. The number of likely N-dealkylation sites (tertiary alicyclic amines) is 1. The number of rotatable bonds is 4. The zero-order valence-corrected chi connectivity index (χ0v) is 13.1. The monoisotopic (exact) mass is 290 g/mol. The van der Waals surface area contributed by atoms with E-state index in [4.69, 9.17) is 9.05 Å². The molecule has 6 nitrogen and oxygen atoms in total. The summed E-state index contributed by atoms with van der Waals surface area (Å²) in [6, 6.07) is 0.231. The van der Waals surface area contributed by atoms with E-state index in [1.165, 1.54) is 5.56 Å². The molecule has 3 rings (SSSR count). The Morgan fingerprint density at radius 3 is 2.67 bits per heavy atom. The van der Waals surface area contributed by atoms with Crippen molar-refractivity contribution >= 4 is 0 Å². The van der Waals surface area contributed by atoms with E-state index in [-0.39, 0.29) is 12.0 Å². The maximum Gasteiger partial charge on any atom is 0.229 e. The summed E-state index contributed by atoms with van der Waals surface area (Å²) in [5, 5.41) is 8.21. The van der Waals surface area contributed by atoms with Gasteiger partial charge in [-0.1, -0.05) is 24.2 Å². The molecule has 0 saturated carbocycles. The lowest BCUT2D eigenvalue weighted by Gasteiger charge is -2.21. The Bertz CT molecular complexity index is 597. The van der Waals surface area contributed by atoms with Crippen molar-refractivity contribution in [3.05, 3.63) is 28.7 Å². The van der Waals surface area contributed by atoms with Crippen molar-refractivity contribution in [1.82, 2.24) is 20.2 Å². The number of aromatic nitrogens is 3. The summed E-state index contributed by atoms with van der Waals surface area (Å²) < 4.78 is 10.6. The highest BCUT2D eigenvalue weighted by molar-refractivity contribution is 5.21. The summed E-state index contributed by atoms with van der Waals surface area (Å²) in [4.78, 5) is 6.95. The van der Waals surface area contributed by atoms with Crippen LogP contribution in [-0.2, 0) is 6.54 Å². The van der Waals surface area contributed by atoms with Gasteiger partial charge in [-0.25, -0.2) is 0 Å². The van der Waals surface area contributed by atoms with Crippen LogP contribution in [0.4, 0.5) is 0 Å². The molecule has 1 aliphatic heterocycles. The van der Waals surface area contributed by atoms with Crippen LogP contribution in [0.1, 0.15) is 67.4 Å². The predicted molar refractivity (Wildman–Crippen MR) is 76.7 cm³/mol. The molecule has 21 heavy (non-hydrogen) atoms. The molecule has 1 fully saturated rings. The van der Waals surface area contributed by atoms with Crippen molar-refractivity contribution in [2.45, 2.75) is 59.0 Å². The van der Waals surface area contributed by atoms with Crippen LogP contribution >= 0.6 is 0 Å². The summed E-state index contributed by atoms with van der Waals surface area (Å²) in [5.74, 6) is 2.69. The van der Waals surface area contributed by atoms with Crippen LogP contribution in [0.3, 0.4) is 0 Å². The summed E-state index contributed by atoms with van der Waals surface area (Å²) in [7, 11) is 0. The van der Waals surface area contributed by atoms with Crippen LogP contribution < -0.4 is 0 Å². The van der Waals surface area contributed by atoms with E-state index < -0.39 is 0 Å². The smallest absolute Gasteiger partial charge is 0.229 e. The highest BCUT2D eigenvalue weighted by Gasteiger charge is 2.31. The second-order valence-electron chi connectivity index (χ2n) is 6.08. The van der Waals surface area contributed by atoms with Gasteiger partial charge in [0, 0.05) is 18.0 Å². The first kappa shape index (κ1) is 14.3. The standard InChI is InChI=1S/C15H22N4O2/c1-9(2)15-16-14(18-21-15)13-6-5-7-19(13)8-12-10(3)17-20-11(12)4/h9,13H,5-8H2,1-4H3/t13-/m0/s1. The highest BCUT2D eigenvalue weighted by atomic mass is 16.5. The lowest BCUT2D eigenvalue weighted by atomic mass is 10.1. The lowest BCUT2D eigenvalue weighted by Crippen LogP contribution is -2.24. The van der Waals surface area contributed by atoms with Crippen molar-refractivity contribution < 1.29 is 9.05 Å². The summed E-state index contributed by atoms with van der Waals surface area (Å²) >= 11 is 0. The number of nitrogens with zero attached hydrogens (tertiary/aromatic N) is 4. The van der Waals surface area contributed by atoms with Gasteiger partial charge in [0.05, 0.1) is 11.7 Å². The Kier molecular flexibility index (Phi) is 3.80. The van der Waals surface area contributed by atoms with E-state index in [1.54, 1.807) is 0 Å². The molecular formula is C15H22N4O2. The molecule has 0 N–H and O–H groups in total. The molecule has 3 heterocycles. The number of hydrogen-bond donors (Lipinski definition) is 0. The number of hydrogen-bond acceptors (Lipinski definition) is 6. The van der Waals surface area contributed by atoms with Crippen LogP contribution in [0.15, 0.2) is 9.05 Å². The van der Waals surface area contributed by atoms with Crippen LogP contribution in [0.5, 0.6) is 0 Å². The molecule has 2 aromatic rings. The zero-order valence-electron chi connectivity index (χ0n) is 13.1. The third-order valence-electron chi connectivity index (χ3n) is 4.16. The summed E-state index contributed by atoms with van der Waals surface area (Å²) in [6.45, 7) is 9.95. The van der Waals surface area contributed by atoms with E-state index >= 15 is 0 Å². The summed E-state index contributed by atoms with van der Waals surface area (Å²) in [6.07, 6.45) is 2.22. The van der Waals surface area contributed by atoms with Crippen molar-refractivity contribution in [3.8, 4) is 0 Å². The molecule has 0 spiro atoms. The molecule has 1 atom stereocenters. The van der Waals surface area contributed by atoms with Gasteiger partial charge in [-0.15, -0.1) is 0 Å². The predicted octanol–water partition coefficient (Wildman–Crippen LogP) is 3.13. The van der Waals surface area contributed by atoms with Gasteiger partial charge in [-0.2, -0.15) is 4.98 Å². The van der Waals surface area contributed by atoms with E-state index in [1.807, 2.05) is 13.8 Å². The minimum atomic E-state index is 0.231. The third kappa shape index (κ3) is 2.72. The van der Waals surface area contributed by atoms with Gasteiger partial charge in [0.25, 0.3) is 0 Å². The normalized spacial score (nSPS) is 19.8. The average Bonchev–Trinajstić information content (AvgIpc) is 3.14. The topological polar surface area (TPSA) is 68.2 Å². The Morgan fingerprint density at radius 2 is 2.05 bits per heavy atom. The fourth-order valence-electron chi connectivity index (χ4n) is 2.86. The Hall–Kier alpha value is -1.69. The Labute approximate surface area is 124 Å². The van der Waals surface area contributed by atoms with E-state index in [2.05, 4.69) is 34.0 Å². The minimum Gasteiger partial charge on any atom is -0.361 e. The van der Waals surface area contributed by atoms with Crippen LogP contribution in [0, 0.1) is 13.8 Å². The Morgan fingerprint density at radius 1 is 1.24 bits per heavy atom. The van der Waals surface area contributed by atoms with E-state index in [0.717, 1.165) is 43.2 Å². The van der Waals surface area contributed by atoms with Crippen molar-refractivity contribution in [3.63, 3.8) is 0 Å². The molecule has 1 saturated heterocycles. The first-order valence-corrected chi connectivity index (χ1v) is 7.55. The summed E-state index contributed by atoms with van der Waals surface area (Å²) in [5.41, 5.74) is 2.14. The van der Waals surface area contributed by atoms with Gasteiger partial charge < -0.3 is 9.05 Å². The molecular weight excluding hydrogens is 268 g/mol. The van der Waals surface area contributed by atoms with Crippen molar-refractivity contribution in [2.24, 2.45) is 0 Å². The Balaban J connectivity index is 1.79. The molecule has 114 valence electrons. The molecule has 0 aliphatic carbocycles. The molecule has 0 bridgehead atoms. The van der Waals surface area contributed by atoms with Crippen molar-refractivity contribution in [1.29, 1.82) is 0 Å². The second-order valence-corrected chi connectivity index (χ2v) is 6.08. The molecule has 2 aromatic heterocycles. The first-order chi connectivity index (χ1) is 10.1. The number of aryl methyl sites for hydroxylation is 2.